The Kier molecular flexibility index (Phi) is 4.19. The lowest BCUT2D eigenvalue weighted by Gasteiger charge is -2.23. The molecule has 26 heavy (non-hydrogen) atoms. The van der Waals surface area contributed by atoms with Crippen molar-refractivity contribution in [3.63, 3.8) is 0 Å². The highest BCUT2D eigenvalue weighted by Gasteiger charge is 2.56. The van der Waals surface area contributed by atoms with Gasteiger partial charge in [-0.3, -0.25) is 4.90 Å². The molecule has 0 bridgehead atoms. The molecule has 1 amide bonds. The van der Waals surface area contributed by atoms with Crippen LogP contribution in [0.4, 0.5) is 20.6 Å². The van der Waals surface area contributed by atoms with E-state index in [9.17, 15) is 9.18 Å². The van der Waals surface area contributed by atoms with Crippen molar-refractivity contribution in [3.05, 3.63) is 24.0 Å². The third-order valence-electron chi connectivity index (χ3n) is 5.38. The van der Waals surface area contributed by atoms with Crippen molar-refractivity contribution in [3.8, 4) is 6.07 Å². The first-order valence-electron chi connectivity index (χ1n) is 8.64. The van der Waals surface area contributed by atoms with E-state index in [2.05, 4.69) is 11.4 Å². The second-order valence-electron chi connectivity index (χ2n) is 7.08. The number of nitrogens with zero attached hydrogens (tertiary/aromatic N) is 3. The monoisotopic (exact) mass is 374 g/mol. The van der Waals surface area contributed by atoms with Gasteiger partial charge in [-0.2, -0.15) is 5.26 Å². The van der Waals surface area contributed by atoms with E-state index in [1.807, 2.05) is 4.90 Å². The smallest absolute Gasteiger partial charge is 0.414 e. The van der Waals surface area contributed by atoms with E-state index >= 15 is 0 Å². The summed E-state index contributed by atoms with van der Waals surface area (Å²) >= 11 is 4.96. The fraction of sp³-hybridized carbons (Fsp3) is 0.500. The van der Waals surface area contributed by atoms with Crippen molar-refractivity contribution < 1.29 is 13.9 Å². The van der Waals surface area contributed by atoms with Crippen molar-refractivity contribution in [1.82, 2.24) is 5.32 Å². The maximum absolute atomic E-state index is 14.6. The number of nitriles is 1. The summed E-state index contributed by atoms with van der Waals surface area (Å²) in [5.74, 6) is 0.506. The molecule has 1 aromatic rings. The molecule has 2 unspecified atom stereocenters. The number of piperidine rings is 1. The van der Waals surface area contributed by atoms with Gasteiger partial charge in [0.15, 0.2) is 0 Å². The lowest BCUT2D eigenvalue weighted by atomic mass is 10.2. The van der Waals surface area contributed by atoms with Crippen molar-refractivity contribution in [1.29, 1.82) is 5.26 Å². The van der Waals surface area contributed by atoms with E-state index < -0.39 is 6.09 Å². The van der Waals surface area contributed by atoms with Crippen LogP contribution in [0.1, 0.15) is 6.92 Å². The highest BCUT2D eigenvalue weighted by Crippen LogP contribution is 2.52. The Morgan fingerprint density at radius 3 is 2.77 bits per heavy atom. The van der Waals surface area contributed by atoms with Gasteiger partial charge in [-0.25, -0.2) is 9.18 Å². The van der Waals surface area contributed by atoms with Gasteiger partial charge in [0.1, 0.15) is 11.9 Å². The molecule has 0 spiro atoms. The predicted octanol–water partition coefficient (Wildman–Crippen LogP) is 2.29. The van der Waals surface area contributed by atoms with Crippen LogP contribution in [0.15, 0.2) is 18.2 Å². The molecule has 2 heterocycles. The molecule has 8 heteroatoms. The van der Waals surface area contributed by atoms with Crippen LogP contribution in [0.25, 0.3) is 0 Å². The minimum Gasteiger partial charge on any atom is -0.442 e. The molecule has 0 aromatic heterocycles. The summed E-state index contributed by atoms with van der Waals surface area (Å²) in [6, 6.07) is 7.13. The van der Waals surface area contributed by atoms with E-state index in [0.717, 1.165) is 13.1 Å². The second-order valence-corrected chi connectivity index (χ2v) is 7.69. The van der Waals surface area contributed by atoms with Crippen LogP contribution in [-0.4, -0.2) is 43.4 Å². The summed E-state index contributed by atoms with van der Waals surface area (Å²) in [4.78, 5) is 16.1. The van der Waals surface area contributed by atoms with Gasteiger partial charge in [-0.15, -0.1) is 0 Å². The Morgan fingerprint density at radius 1 is 1.42 bits per heavy atom. The molecule has 1 saturated carbocycles. The molecule has 3 aliphatic rings. The van der Waals surface area contributed by atoms with Crippen molar-refractivity contribution in [2.75, 3.05) is 36.0 Å². The van der Waals surface area contributed by atoms with E-state index in [4.69, 9.17) is 22.2 Å². The summed E-state index contributed by atoms with van der Waals surface area (Å²) < 4.78 is 19.9. The largest absolute Gasteiger partial charge is 0.442 e. The number of halogens is 1. The third kappa shape index (κ3) is 2.97. The van der Waals surface area contributed by atoms with Crippen LogP contribution < -0.4 is 15.1 Å². The van der Waals surface area contributed by atoms with Crippen LogP contribution in [0.2, 0.25) is 0 Å². The summed E-state index contributed by atoms with van der Waals surface area (Å²) in [5, 5.41) is 12.0. The number of ether oxygens (including phenoxy) is 1. The van der Waals surface area contributed by atoms with Gasteiger partial charge in [0.2, 0.25) is 0 Å². The van der Waals surface area contributed by atoms with E-state index in [1.165, 1.54) is 11.0 Å². The number of benzene rings is 1. The number of cyclic esters (lactones) is 1. The number of fused-ring (bicyclic) bond motifs is 1. The first-order valence-corrected chi connectivity index (χ1v) is 9.05. The van der Waals surface area contributed by atoms with E-state index in [-0.39, 0.29) is 17.8 Å². The highest BCUT2D eigenvalue weighted by atomic mass is 32.1. The fourth-order valence-corrected chi connectivity index (χ4v) is 4.01. The van der Waals surface area contributed by atoms with Gasteiger partial charge in [0, 0.05) is 13.1 Å². The molecular weight excluding hydrogens is 355 g/mol. The maximum Gasteiger partial charge on any atom is 0.414 e. The molecular formula is C18H19FN4O2S. The van der Waals surface area contributed by atoms with E-state index in [1.54, 1.807) is 19.1 Å². The third-order valence-corrected chi connectivity index (χ3v) is 5.52. The molecule has 3 atom stereocenters. The molecule has 4 rings (SSSR count). The Balaban J connectivity index is 1.43. The van der Waals surface area contributed by atoms with Crippen molar-refractivity contribution in [2.45, 2.75) is 13.0 Å². The number of rotatable bonds is 4. The number of nitrogens with one attached hydrogen (secondary N) is 1. The van der Waals surface area contributed by atoms with Gasteiger partial charge < -0.3 is 15.0 Å². The zero-order valence-electron chi connectivity index (χ0n) is 14.3. The zero-order valence-corrected chi connectivity index (χ0v) is 15.1. The number of amides is 1. The number of thiocarbonyl (C=S) groups is 1. The van der Waals surface area contributed by atoms with Gasteiger partial charge in [0.05, 0.1) is 41.4 Å². The Bertz CT molecular complexity index is 799. The van der Waals surface area contributed by atoms with E-state index in [0.29, 0.717) is 41.3 Å². The standard InChI is InChI=1S/C18H19FN4O2S/c1-10(26)21-6-12-7-23(18(24)25-12)11-2-3-17(16(19)4-11)22-8-14-13(5-20)15(14)9-22/h2-4,12-15H,6-9H2,1H3,(H,21,26)/t12-,13?,14?,15?/m0/s1. The summed E-state index contributed by atoms with van der Waals surface area (Å²) in [6.07, 6.45) is -0.804. The predicted molar refractivity (Wildman–Crippen MR) is 98.6 cm³/mol. The Morgan fingerprint density at radius 2 is 2.15 bits per heavy atom. The lowest BCUT2D eigenvalue weighted by Crippen LogP contribution is -2.32. The van der Waals surface area contributed by atoms with Crippen molar-refractivity contribution >= 4 is 34.7 Å². The van der Waals surface area contributed by atoms with Crippen LogP contribution in [0.3, 0.4) is 0 Å². The maximum atomic E-state index is 14.6. The van der Waals surface area contributed by atoms with Gasteiger partial charge in [0.25, 0.3) is 0 Å². The normalized spacial score (nSPS) is 29.2. The summed E-state index contributed by atoms with van der Waals surface area (Å²) in [7, 11) is 0. The van der Waals surface area contributed by atoms with Crippen LogP contribution in [0.5, 0.6) is 0 Å². The average Bonchev–Trinajstić information content (AvgIpc) is 2.93. The average molecular weight is 374 g/mol. The molecule has 136 valence electrons. The molecule has 3 fully saturated rings. The van der Waals surface area contributed by atoms with Crippen LogP contribution >= 0.6 is 12.2 Å². The van der Waals surface area contributed by atoms with Gasteiger partial charge >= 0.3 is 6.09 Å². The van der Waals surface area contributed by atoms with Crippen LogP contribution in [-0.2, 0) is 4.74 Å². The summed E-state index contributed by atoms with van der Waals surface area (Å²) in [5.41, 5.74) is 1.01. The molecule has 0 radical (unpaired) electrons. The first kappa shape index (κ1) is 17.0. The number of carbonyl (C=O) groups is 1. The van der Waals surface area contributed by atoms with Crippen LogP contribution in [0, 0.1) is 34.9 Å². The second kappa shape index (κ2) is 6.40. The van der Waals surface area contributed by atoms with Crippen molar-refractivity contribution in [2.24, 2.45) is 17.8 Å². The first-order chi connectivity index (χ1) is 12.5. The molecule has 1 aliphatic carbocycles. The Labute approximate surface area is 156 Å². The number of anilines is 2. The minimum absolute atomic E-state index is 0.134. The highest BCUT2D eigenvalue weighted by molar-refractivity contribution is 7.80. The quantitative estimate of drug-likeness (QED) is 0.816. The molecule has 6 nitrogen and oxygen atoms in total. The number of carbonyl (C=O) groups excluding carboxylic acids is 1. The van der Waals surface area contributed by atoms with Gasteiger partial charge in [-0.1, -0.05) is 12.2 Å². The molecule has 1 N–H and O–H groups in total. The Hall–Kier alpha value is -2.40. The molecule has 2 aliphatic heterocycles. The fourth-order valence-electron chi connectivity index (χ4n) is 3.93. The summed E-state index contributed by atoms with van der Waals surface area (Å²) in [6.45, 7) is 3.99. The topological polar surface area (TPSA) is 68.6 Å². The van der Waals surface area contributed by atoms with Gasteiger partial charge in [-0.05, 0) is 37.0 Å². The number of hydrogen-bond acceptors (Lipinski definition) is 5. The molecule has 1 aromatic carbocycles. The SMILES string of the molecule is CC(=S)NC[C@H]1CN(c2ccc(N3CC4C(C#N)C4C3)c(F)c2)C(=O)O1. The minimum atomic E-state index is -0.481. The number of hydrogen-bond donors (Lipinski definition) is 1. The lowest BCUT2D eigenvalue weighted by molar-refractivity contribution is 0.143. The zero-order chi connectivity index (χ0) is 18.4. The molecule has 2 saturated heterocycles.